The molecule has 20 heavy (non-hydrogen) atoms. The Morgan fingerprint density at radius 2 is 2.05 bits per heavy atom. The van der Waals surface area contributed by atoms with E-state index < -0.39 is 17.6 Å². The van der Waals surface area contributed by atoms with Gasteiger partial charge >= 0.3 is 5.97 Å². The Morgan fingerprint density at radius 3 is 2.65 bits per heavy atom. The Balaban J connectivity index is 2.16. The highest BCUT2D eigenvalue weighted by Gasteiger charge is 2.38. The molecule has 0 spiro atoms. The lowest BCUT2D eigenvalue weighted by molar-refractivity contribution is -0.161. The number of aliphatic carboxylic acids is 1. The van der Waals surface area contributed by atoms with Gasteiger partial charge in [0.1, 0.15) is 5.54 Å². The molecule has 1 fully saturated rings. The van der Waals surface area contributed by atoms with E-state index in [0.717, 1.165) is 0 Å². The first-order chi connectivity index (χ1) is 9.43. The van der Waals surface area contributed by atoms with E-state index in [9.17, 15) is 9.59 Å². The van der Waals surface area contributed by atoms with Gasteiger partial charge in [0, 0.05) is 6.54 Å². The molecule has 1 aliphatic heterocycles. The van der Waals surface area contributed by atoms with E-state index >= 15 is 0 Å². The van der Waals surface area contributed by atoms with Crippen LogP contribution in [0.3, 0.4) is 0 Å². The maximum Gasteiger partial charge on any atom is 0.334 e. The molecule has 0 aromatic heterocycles. The summed E-state index contributed by atoms with van der Waals surface area (Å²) in [5.41, 5.74) is 5.67. The van der Waals surface area contributed by atoms with Crippen molar-refractivity contribution >= 4 is 11.9 Å². The number of carbonyl (C=O) groups is 2. The van der Waals surface area contributed by atoms with Crippen molar-refractivity contribution < 1.29 is 19.4 Å². The molecule has 2 atom stereocenters. The molecule has 1 heterocycles. The van der Waals surface area contributed by atoms with Crippen molar-refractivity contribution in [2.24, 2.45) is 5.73 Å². The second-order valence-electron chi connectivity index (χ2n) is 5.02. The maximum absolute atomic E-state index is 12.5. The minimum Gasteiger partial charge on any atom is -0.479 e. The lowest BCUT2D eigenvalue weighted by atomic mass is 9.91. The van der Waals surface area contributed by atoms with Gasteiger partial charge in [0.25, 0.3) is 0 Å². The molecule has 1 amide bonds. The van der Waals surface area contributed by atoms with E-state index in [1.165, 1.54) is 4.90 Å². The van der Waals surface area contributed by atoms with Crippen molar-refractivity contribution in [2.45, 2.75) is 18.6 Å². The van der Waals surface area contributed by atoms with Crippen LogP contribution in [-0.2, 0) is 19.9 Å². The fourth-order valence-corrected chi connectivity index (χ4v) is 2.22. The Kier molecular flexibility index (Phi) is 4.06. The number of carboxylic acid groups (broad SMARTS) is 1. The average Bonchev–Trinajstić information content (AvgIpc) is 2.47. The molecule has 6 nitrogen and oxygen atoms in total. The molecule has 3 N–H and O–H groups in total. The molecule has 1 saturated heterocycles. The van der Waals surface area contributed by atoms with E-state index in [-0.39, 0.29) is 19.1 Å². The van der Waals surface area contributed by atoms with Gasteiger partial charge in [-0.2, -0.15) is 0 Å². The fourth-order valence-electron chi connectivity index (χ4n) is 2.22. The molecule has 1 aromatic rings. The number of ether oxygens (including phenoxy) is 1. The number of benzene rings is 1. The van der Waals surface area contributed by atoms with Gasteiger partial charge in [0.2, 0.25) is 5.91 Å². The first-order valence-electron chi connectivity index (χ1n) is 6.41. The second-order valence-corrected chi connectivity index (χ2v) is 5.02. The summed E-state index contributed by atoms with van der Waals surface area (Å²) in [6.45, 7) is 2.21. The van der Waals surface area contributed by atoms with Gasteiger partial charge in [-0.05, 0) is 12.5 Å². The van der Waals surface area contributed by atoms with Gasteiger partial charge in [0.05, 0.1) is 13.2 Å². The monoisotopic (exact) mass is 278 g/mol. The minimum atomic E-state index is -1.18. The molecule has 2 unspecified atom stereocenters. The van der Waals surface area contributed by atoms with Crippen molar-refractivity contribution in [2.75, 3.05) is 19.7 Å². The van der Waals surface area contributed by atoms with Crippen LogP contribution in [0.5, 0.6) is 0 Å². The minimum absolute atomic E-state index is 0.0216. The van der Waals surface area contributed by atoms with Crippen LogP contribution in [0.4, 0.5) is 0 Å². The third-order valence-electron chi connectivity index (χ3n) is 3.45. The number of hydrogen-bond donors (Lipinski definition) is 2. The molecule has 1 aromatic carbocycles. The third kappa shape index (κ3) is 2.81. The van der Waals surface area contributed by atoms with Crippen LogP contribution < -0.4 is 5.73 Å². The van der Waals surface area contributed by atoms with Gasteiger partial charge in [0.15, 0.2) is 6.10 Å². The van der Waals surface area contributed by atoms with Crippen LogP contribution in [0.15, 0.2) is 30.3 Å². The van der Waals surface area contributed by atoms with Gasteiger partial charge in [-0.3, -0.25) is 4.79 Å². The second kappa shape index (κ2) is 5.60. The summed E-state index contributed by atoms with van der Waals surface area (Å²) < 4.78 is 5.10. The van der Waals surface area contributed by atoms with E-state index in [1.54, 1.807) is 19.1 Å². The lowest BCUT2D eigenvalue weighted by Gasteiger charge is -2.36. The number of nitrogens with two attached hydrogens (primary N) is 1. The van der Waals surface area contributed by atoms with Crippen LogP contribution in [0.2, 0.25) is 0 Å². The van der Waals surface area contributed by atoms with Crippen molar-refractivity contribution in [1.29, 1.82) is 0 Å². The van der Waals surface area contributed by atoms with Gasteiger partial charge < -0.3 is 20.5 Å². The first kappa shape index (κ1) is 14.5. The van der Waals surface area contributed by atoms with Crippen LogP contribution in [0.1, 0.15) is 12.5 Å². The summed E-state index contributed by atoms with van der Waals surface area (Å²) in [6.07, 6.45) is -0.987. The number of amides is 1. The summed E-state index contributed by atoms with van der Waals surface area (Å²) >= 11 is 0. The summed E-state index contributed by atoms with van der Waals surface area (Å²) in [5, 5.41) is 8.96. The molecule has 1 aliphatic rings. The van der Waals surface area contributed by atoms with Gasteiger partial charge in [-0.1, -0.05) is 30.3 Å². The van der Waals surface area contributed by atoms with Crippen LogP contribution in [-0.4, -0.2) is 47.7 Å². The summed E-state index contributed by atoms with van der Waals surface area (Å²) in [6, 6.07) is 9.04. The number of nitrogens with zero attached hydrogens (tertiary/aromatic N) is 1. The average molecular weight is 278 g/mol. The SMILES string of the molecule is CC(N)(C(=O)N1CCOC(C(=O)O)C1)c1ccccc1. The molecular weight excluding hydrogens is 260 g/mol. The highest BCUT2D eigenvalue weighted by Crippen LogP contribution is 2.21. The van der Waals surface area contributed by atoms with Crippen LogP contribution in [0.25, 0.3) is 0 Å². The molecule has 0 saturated carbocycles. The number of morpholine rings is 1. The van der Waals surface area contributed by atoms with Crippen molar-refractivity contribution in [3.8, 4) is 0 Å². The quantitative estimate of drug-likeness (QED) is 0.822. The standard InChI is InChI=1S/C14H18N2O4/c1-14(15,10-5-3-2-4-6-10)13(19)16-7-8-20-11(9-16)12(17)18/h2-6,11H,7-9,15H2,1H3,(H,17,18). The number of hydrogen-bond acceptors (Lipinski definition) is 4. The van der Waals surface area contributed by atoms with Crippen molar-refractivity contribution in [1.82, 2.24) is 4.90 Å². The summed E-state index contributed by atoms with van der Waals surface area (Å²) in [4.78, 5) is 24.9. The molecule has 0 radical (unpaired) electrons. The van der Waals surface area contributed by atoms with E-state index in [0.29, 0.717) is 12.1 Å². The predicted molar refractivity (Wildman–Crippen MR) is 71.9 cm³/mol. The van der Waals surface area contributed by atoms with E-state index in [1.807, 2.05) is 18.2 Å². The fraction of sp³-hybridized carbons (Fsp3) is 0.429. The molecule has 2 rings (SSSR count). The van der Waals surface area contributed by atoms with Gasteiger partial charge in [-0.25, -0.2) is 4.79 Å². The first-order valence-corrected chi connectivity index (χ1v) is 6.41. The molecule has 6 heteroatoms. The lowest BCUT2D eigenvalue weighted by Crippen LogP contribution is -2.56. The Bertz CT molecular complexity index is 501. The molecular formula is C14H18N2O4. The number of rotatable bonds is 3. The van der Waals surface area contributed by atoms with Crippen molar-refractivity contribution in [3.63, 3.8) is 0 Å². The zero-order chi connectivity index (χ0) is 14.8. The maximum atomic E-state index is 12.5. The number of carboxylic acids is 1. The largest absolute Gasteiger partial charge is 0.479 e. The zero-order valence-corrected chi connectivity index (χ0v) is 11.3. The predicted octanol–water partition coefficient (Wildman–Crippen LogP) is 0.173. The highest BCUT2D eigenvalue weighted by molar-refractivity contribution is 5.87. The Morgan fingerprint density at radius 1 is 1.40 bits per heavy atom. The summed E-state index contributed by atoms with van der Waals surface area (Å²) in [7, 11) is 0. The Labute approximate surface area is 117 Å². The summed E-state index contributed by atoms with van der Waals surface area (Å²) in [5.74, 6) is -1.36. The normalized spacial score (nSPS) is 22.1. The van der Waals surface area contributed by atoms with Crippen molar-refractivity contribution in [3.05, 3.63) is 35.9 Å². The molecule has 0 aliphatic carbocycles. The third-order valence-corrected chi connectivity index (χ3v) is 3.45. The smallest absolute Gasteiger partial charge is 0.334 e. The molecule has 0 bridgehead atoms. The van der Waals surface area contributed by atoms with E-state index in [2.05, 4.69) is 0 Å². The molecule has 108 valence electrons. The Hall–Kier alpha value is -1.92. The van der Waals surface area contributed by atoms with Crippen LogP contribution in [0, 0.1) is 0 Å². The topological polar surface area (TPSA) is 92.9 Å². The van der Waals surface area contributed by atoms with E-state index in [4.69, 9.17) is 15.6 Å². The number of carbonyl (C=O) groups excluding carboxylic acids is 1. The van der Waals surface area contributed by atoms with Crippen LogP contribution >= 0.6 is 0 Å². The van der Waals surface area contributed by atoms with Gasteiger partial charge in [-0.15, -0.1) is 0 Å². The zero-order valence-electron chi connectivity index (χ0n) is 11.3. The highest BCUT2D eigenvalue weighted by atomic mass is 16.5.